The number of hydrogen-bond donors (Lipinski definition) is 7. The van der Waals surface area contributed by atoms with Crippen molar-refractivity contribution in [3.05, 3.63) is 0 Å². The van der Waals surface area contributed by atoms with Crippen LogP contribution in [0.1, 0.15) is 101 Å². The minimum Gasteiger partial charge on any atom is -0.481 e. The lowest BCUT2D eigenvalue weighted by molar-refractivity contribution is -0.144. The van der Waals surface area contributed by atoms with Crippen molar-refractivity contribution in [1.82, 2.24) is 26.6 Å². The Morgan fingerprint density at radius 2 is 1.09 bits per heavy atom. The van der Waals surface area contributed by atoms with Crippen molar-refractivity contribution < 1.29 is 43.8 Å². The molecule has 4 unspecified atom stereocenters. The summed E-state index contributed by atoms with van der Waals surface area (Å²) >= 11 is 0. The molecule has 0 aliphatic carbocycles. The van der Waals surface area contributed by atoms with Gasteiger partial charge in [0, 0.05) is 17.9 Å². The number of urea groups is 1. The number of hydrogen-bond acceptors (Lipinski definition) is 7. The summed E-state index contributed by atoms with van der Waals surface area (Å²) in [6, 6.07) is -6.45. The standard InChI is InChI=1S/C30H53N5O9/c1-11-17(12-2)31-28(44)35-23(30(8,9)10)26(41)33-18(14-21(36)29(5,6)7)24(39)32-19(15-22(37)38)25(40)34-20(27(42)43)13-16(3)4/h16-20,23H,11-15H2,1-10H3,(H,32,39)(H,33,41)(H,34,40)(H,37,38)(H,42,43)(H2,31,35,44). The minimum atomic E-state index is -1.71. The lowest BCUT2D eigenvalue weighted by atomic mass is 9.85. The Kier molecular flexibility index (Phi) is 16.1. The molecule has 0 saturated heterocycles. The molecule has 0 rings (SSSR count). The third-order valence-electron chi connectivity index (χ3n) is 6.92. The summed E-state index contributed by atoms with van der Waals surface area (Å²) in [6.45, 7) is 17.3. The minimum absolute atomic E-state index is 0.0552. The molecule has 0 aromatic carbocycles. The van der Waals surface area contributed by atoms with E-state index in [1.54, 1.807) is 55.4 Å². The number of Topliss-reactive ketones (excluding diaryl/α,β-unsaturated/α-hetero) is 1. The predicted molar refractivity (Wildman–Crippen MR) is 163 cm³/mol. The van der Waals surface area contributed by atoms with Gasteiger partial charge in [-0.2, -0.15) is 0 Å². The van der Waals surface area contributed by atoms with Crippen LogP contribution < -0.4 is 26.6 Å². The number of nitrogens with one attached hydrogen (secondary N) is 5. The highest BCUT2D eigenvalue weighted by molar-refractivity contribution is 5.99. The van der Waals surface area contributed by atoms with Gasteiger partial charge in [0.2, 0.25) is 17.7 Å². The number of carbonyl (C=O) groups excluding carboxylic acids is 5. The van der Waals surface area contributed by atoms with Crippen molar-refractivity contribution in [2.24, 2.45) is 16.7 Å². The zero-order valence-electron chi connectivity index (χ0n) is 27.8. The lowest BCUT2D eigenvalue weighted by Gasteiger charge is -2.33. The zero-order valence-corrected chi connectivity index (χ0v) is 27.8. The zero-order chi connectivity index (χ0) is 34.6. The van der Waals surface area contributed by atoms with Gasteiger partial charge < -0.3 is 36.8 Å². The van der Waals surface area contributed by atoms with E-state index in [9.17, 15) is 43.8 Å². The molecule has 252 valence electrons. The summed E-state index contributed by atoms with van der Waals surface area (Å²) in [6.07, 6.45) is 0.0122. The van der Waals surface area contributed by atoms with Crippen LogP contribution >= 0.6 is 0 Å². The van der Waals surface area contributed by atoms with Crippen LogP contribution in [0.4, 0.5) is 4.79 Å². The van der Waals surface area contributed by atoms with E-state index in [2.05, 4.69) is 26.6 Å². The van der Waals surface area contributed by atoms with Gasteiger partial charge in [-0.1, -0.05) is 69.2 Å². The first-order valence-corrected chi connectivity index (χ1v) is 15.0. The molecule has 0 heterocycles. The summed E-state index contributed by atoms with van der Waals surface area (Å²) in [5, 5.41) is 31.4. The Hall–Kier alpha value is -3.71. The van der Waals surface area contributed by atoms with Crippen LogP contribution in [0.5, 0.6) is 0 Å². The molecule has 0 aromatic heterocycles. The third-order valence-corrected chi connectivity index (χ3v) is 6.92. The van der Waals surface area contributed by atoms with Crippen molar-refractivity contribution in [1.29, 1.82) is 0 Å². The van der Waals surface area contributed by atoms with Crippen LogP contribution in [0.2, 0.25) is 0 Å². The fourth-order valence-corrected chi connectivity index (χ4v) is 4.10. The number of ketones is 1. The summed E-state index contributed by atoms with van der Waals surface area (Å²) in [5.41, 5.74) is -1.75. The lowest BCUT2D eigenvalue weighted by Crippen LogP contribution is -2.61. The molecule has 0 saturated carbocycles. The van der Waals surface area contributed by atoms with Crippen molar-refractivity contribution in [3.63, 3.8) is 0 Å². The van der Waals surface area contributed by atoms with Crippen LogP contribution in [-0.4, -0.2) is 81.9 Å². The Labute approximate surface area is 260 Å². The molecule has 4 atom stereocenters. The molecule has 0 aromatic rings. The van der Waals surface area contributed by atoms with E-state index in [4.69, 9.17) is 0 Å². The van der Waals surface area contributed by atoms with E-state index in [1.807, 2.05) is 13.8 Å². The summed E-state index contributed by atoms with van der Waals surface area (Å²) in [5.74, 6) is -6.16. The Morgan fingerprint density at radius 3 is 1.48 bits per heavy atom. The van der Waals surface area contributed by atoms with Crippen LogP contribution in [-0.2, 0) is 28.8 Å². The van der Waals surface area contributed by atoms with Gasteiger partial charge in [0.1, 0.15) is 30.0 Å². The molecule has 44 heavy (non-hydrogen) atoms. The van der Waals surface area contributed by atoms with E-state index >= 15 is 0 Å². The van der Waals surface area contributed by atoms with Crippen molar-refractivity contribution >= 4 is 41.5 Å². The van der Waals surface area contributed by atoms with Gasteiger partial charge >= 0.3 is 18.0 Å². The quantitative estimate of drug-likeness (QED) is 0.125. The van der Waals surface area contributed by atoms with E-state index in [0.29, 0.717) is 12.8 Å². The van der Waals surface area contributed by atoms with Crippen molar-refractivity contribution in [3.8, 4) is 0 Å². The highest BCUT2D eigenvalue weighted by Crippen LogP contribution is 2.21. The van der Waals surface area contributed by atoms with E-state index < -0.39 is 89.3 Å². The average molecular weight is 628 g/mol. The number of carbonyl (C=O) groups is 7. The van der Waals surface area contributed by atoms with Crippen LogP contribution in [0.25, 0.3) is 0 Å². The maximum atomic E-state index is 13.5. The number of amides is 5. The maximum Gasteiger partial charge on any atom is 0.326 e. The molecule has 14 nitrogen and oxygen atoms in total. The van der Waals surface area contributed by atoms with E-state index in [0.717, 1.165) is 0 Å². The SMILES string of the molecule is CCC(CC)NC(=O)NC(C(=O)NC(CC(=O)C(C)(C)C)C(=O)NC(CC(=O)O)C(=O)NC(CC(C)C)C(=O)O)C(C)(C)C. The van der Waals surface area contributed by atoms with E-state index in [1.165, 1.54) is 0 Å². The first-order valence-electron chi connectivity index (χ1n) is 15.0. The molecule has 0 aliphatic heterocycles. The van der Waals surface area contributed by atoms with Crippen molar-refractivity contribution in [2.75, 3.05) is 0 Å². The van der Waals surface area contributed by atoms with Gasteiger partial charge in [0.25, 0.3) is 0 Å². The van der Waals surface area contributed by atoms with Gasteiger partial charge in [-0.3, -0.25) is 24.0 Å². The fraction of sp³-hybridized carbons (Fsp3) is 0.767. The smallest absolute Gasteiger partial charge is 0.326 e. The van der Waals surface area contributed by atoms with Gasteiger partial charge in [-0.05, 0) is 30.6 Å². The predicted octanol–water partition coefficient (Wildman–Crippen LogP) is 1.95. The Morgan fingerprint density at radius 1 is 0.636 bits per heavy atom. The highest BCUT2D eigenvalue weighted by atomic mass is 16.4. The van der Waals surface area contributed by atoms with Gasteiger partial charge in [0.05, 0.1) is 6.42 Å². The molecule has 7 N–H and O–H groups in total. The molecule has 0 bridgehead atoms. The molecule has 5 amide bonds. The van der Waals surface area contributed by atoms with Crippen LogP contribution in [0.3, 0.4) is 0 Å². The first-order chi connectivity index (χ1) is 20.0. The van der Waals surface area contributed by atoms with Crippen LogP contribution in [0, 0.1) is 16.7 Å². The normalized spacial score (nSPS) is 14.5. The number of carboxylic acids is 2. The molecular formula is C30H53N5O9. The van der Waals surface area contributed by atoms with Crippen LogP contribution in [0.15, 0.2) is 0 Å². The maximum absolute atomic E-state index is 13.5. The second kappa shape index (κ2) is 17.6. The van der Waals surface area contributed by atoms with Gasteiger partial charge in [-0.15, -0.1) is 0 Å². The Balaban J connectivity index is 6.27. The topological polar surface area (TPSA) is 220 Å². The van der Waals surface area contributed by atoms with Gasteiger partial charge in [-0.25, -0.2) is 9.59 Å². The summed E-state index contributed by atoms with van der Waals surface area (Å²) in [4.78, 5) is 88.9. The van der Waals surface area contributed by atoms with Gasteiger partial charge in [0.15, 0.2) is 0 Å². The third kappa shape index (κ3) is 14.6. The monoisotopic (exact) mass is 627 g/mol. The second-order valence-electron chi connectivity index (χ2n) is 13.6. The average Bonchev–Trinajstić information content (AvgIpc) is 2.86. The number of rotatable bonds is 17. The molecule has 0 radical (unpaired) electrons. The highest BCUT2D eigenvalue weighted by Gasteiger charge is 2.38. The molecule has 0 aliphatic rings. The van der Waals surface area contributed by atoms with E-state index in [-0.39, 0.29) is 18.4 Å². The second-order valence-corrected chi connectivity index (χ2v) is 13.6. The molecule has 0 fully saturated rings. The summed E-state index contributed by atoms with van der Waals surface area (Å²) in [7, 11) is 0. The molecule has 0 spiro atoms. The first kappa shape index (κ1) is 40.3. The number of aliphatic carboxylic acids is 2. The summed E-state index contributed by atoms with van der Waals surface area (Å²) < 4.78 is 0. The molecule has 14 heteroatoms. The fourth-order valence-electron chi connectivity index (χ4n) is 4.10. The largest absolute Gasteiger partial charge is 0.481 e. The van der Waals surface area contributed by atoms with Crippen molar-refractivity contribution in [2.45, 2.75) is 132 Å². The number of carboxylic acid groups (broad SMARTS) is 2. The molecular weight excluding hydrogens is 574 g/mol. The Bertz CT molecular complexity index is 1040.